The Bertz CT molecular complexity index is 599. The lowest BCUT2D eigenvalue weighted by molar-refractivity contribution is -0.171. The predicted molar refractivity (Wildman–Crippen MR) is 85.7 cm³/mol. The van der Waals surface area contributed by atoms with Gasteiger partial charge in [-0.15, -0.1) is 0 Å². The molecule has 1 aliphatic carbocycles. The van der Waals surface area contributed by atoms with Crippen molar-refractivity contribution in [1.29, 1.82) is 0 Å². The third-order valence-electron chi connectivity index (χ3n) is 4.78. The summed E-state index contributed by atoms with van der Waals surface area (Å²) in [6.07, 6.45) is 9.59. The summed E-state index contributed by atoms with van der Waals surface area (Å²) in [4.78, 5) is 14.6. The fraction of sp³-hybridized carbons (Fsp3) is 0.421. The van der Waals surface area contributed by atoms with E-state index in [2.05, 4.69) is 74.2 Å². The molecule has 1 aliphatic heterocycles. The molecule has 21 heavy (non-hydrogen) atoms. The zero-order valence-corrected chi connectivity index (χ0v) is 13.0. The molecule has 2 nitrogen and oxygen atoms in total. The number of carbonyl (C=O) groups is 1. The summed E-state index contributed by atoms with van der Waals surface area (Å²) in [5.41, 5.74) is 0.987. The number of likely N-dealkylation sites (tertiary alicyclic amines) is 1. The molecular weight excluding hydrogens is 258 g/mol. The summed E-state index contributed by atoms with van der Waals surface area (Å²) in [6.45, 7) is 7.13. The molecule has 1 amide bonds. The van der Waals surface area contributed by atoms with Crippen LogP contribution in [0.25, 0.3) is 0 Å². The maximum absolute atomic E-state index is 12.6. The molecule has 0 unspecified atom stereocenters. The molecule has 0 N–H and O–H groups in total. The number of amides is 1. The van der Waals surface area contributed by atoms with Gasteiger partial charge in [-0.1, -0.05) is 61.6 Å². The lowest BCUT2D eigenvalue weighted by Gasteiger charge is -2.55. The Kier molecular flexibility index (Phi) is 3.27. The van der Waals surface area contributed by atoms with Crippen molar-refractivity contribution in [3.05, 3.63) is 60.2 Å². The van der Waals surface area contributed by atoms with Crippen LogP contribution in [-0.4, -0.2) is 17.4 Å². The minimum atomic E-state index is -0.300. The molecule has 1 aromatic rings. The number of β-lactam (4-membered cyclic amide) rings is 1. The Morgan fingerprint density at radius 3 is 2.48 bits per heavy atom. The zero-order chi connectivity index (χ0) is 15.1. The van der Waals surface area contributed by atoms with Crippen LogP contribution in [0.15, 0.2) is 54.6 Å². The van der Waals surface area contributed by atoms with E-state index in [0.29, 0.717) is 0 Å². The highest BCUT2D eigenvalue weighted by Crippen LogP contribution is 2.51. The largest absolute Gasteiger partial charge is 0.333 e. The van der Waals surface area contributed by atoms with Crippen LogP contribution in [-0.2, 0) is 4.79 Å². The third kappa shape index (κ3) is 2.33. The van der Waals surface area contributed by atoms with Gasteiger partial charge in [0.25, 0.3) is 0 Å². The van der Waals surface area contributed by atoms with Gasteiger partial charge in [0, 0.05) is 12.0 Å². The van der Waals surface area contributed by atoms with Crippen molar-refractivity contribution in [3.8, 4) is 0 Å². The van der Waals surface area contributed by atoms with Crippen LogP contribution in [0.4, 0.5) is 0 Å². The Labute approximate surface area is 127 Å². The molecule has 0 spiro atoms. The lowest BCUT2D eigenvalue weighted by atomic mass is 9.69. The molecule has 2 atom stereocenters. The number of hydrogen-bond acceptors (Lipinski definition) is 1. The quantitative estimate of drug-likeness (QED) is 0.763. The van der Waals surface area contributed by atoms with Crippen LogP contribution >= 0.6 is 0 Å². The van der Waals surface area contributed by atoms with Crippen LogP contribution in [0.2, 0.25) is 0 Å². The van der Waals surface area contributed by atoms with Gasteiger partial charge < -0.3 is 4.90 Å². The Balaban J connectivity index is 1.86. The number of benzene rings is 1. The topological polar surface area (TPSA) is 20.3 Å². The Hall–Kier alpha value is -1.83. The van der Waals surface area contributed by atoms with Crippen molar-refractivity contribution < 1.29 is 4.79 Å². The van der Waals surface area contributed by atoms with Crippen molar-refractivity contribution in [3.63, 3.8) is 0 Å². The molecule has 2 aliphatic rings. The SMILES string of the molecule is CC1(C)C(=O)N(C[C@]2(C)C=CC=CC2)[C@@H]1c1ccccc1. The van der Waals surface area contributed by atoms with Crippen molar-refractivity contribution >= 4 is 5.91 Å². The summed E-state index contributed by atoms with van der Waals surface area (Å²) in [5.74, 6) is 0.264. The van der Waals surface area contributed by atoms with Gasteiger partial charge in [0.05, 0.1) is 11.5 Å². The normalized spacial score (nSPS) is 30.3. The van der Waals surface area contributed by atoms with Gasteiger partial charge in [-0.05, 0) is 25.8 Å². The third-order valence-corrected chi connectivity index (χ3v) is 4.78. The van der Waals surface area contributed by atoms with Crippen molar-refractivity contribution in [2.45, 2.75) is 33.2 Å². The summed E-state index contributed by atoms with van der Waals surface area (Å²) >= 11 is 0. The van der Waals surface area contributed by atoms with E-state index >= 15 is 0 Å². The average Bonchev–Trinajstić information content (AvgIpc) is 2.47. The predicted octanol–water partition coefficient (Wildman–Crippen LogP) is 4.12. The summed E-state index contributed by atoms with van der Waals surface area (Å²) in [5, 5.41) is 0. The number of allylic oxidation sites excluding steroid dienone is 3. The first kappa shape index (κ1) is 14.1. The highest BCUT2D eigenvalue weighted by Gasteiger charge is 2.55. The Morgan fingerprint density at radius 1 is 1.14 bits per heavy atom. The van der Waals surface area contributed by atoms with E-state index in [-0.39, 0.29) is 22.8 Å². The van der Waals surface area contributed by atoms with Crippen LogP contribution in [0, 0.1) is 10.8 Å². The monoisotopic (exact) mass is 281 g/mol. The van der Waals surface area contributed by atoms with Crippen molar-refractivity contribution in [1.82, 2.24) is 4.90 Å². The second kappa shape index (κ2) is 4.87. The molecule has 1 saturated heterocycles. The van der Waals surface area contributed by atoms with Gasteiger partial charge in [0.15, 0.2) is 0 Å². The average molecular weight is 281 g/mol. The molecule has 1 aromatic carbocycles. The highest BCUT2D eigenvalue weighted by atomic mass is 16.2. The first-order valence-corrected chi connectivity index (χ1v) is 7.64. The van der Waals surface area contributed by atoms with Gasteiger partial charge in [-0.3, -0.25) is 4.79 Å². The maximum Gasteiger partial charge on any atom is 0.231 e. The number of carbonyl (C=O) groups excluding carboxylic acids is 1. The molecule has 110 valence electrons. The van der Waals surface area contributed by atoms with E-state index in [0.717, 1.165) is 13.0 Å². The van der Waals surface area contributed by atoms with Gasteiger partial charge in [-0.25, -0.2) is 0 Å². The van der Waals surface area contributed by atoms with E-state index in [1.807, 2.05) is 6.07 Å². The van der Waals surface area contributed by atoms with Crippen LogP contribution < -0.4 is 0 Å². The molecule has 0 saturated carbocycles. The minimum absolute atomic E-state index is 0.0495. The van der Waals surface area contributed by atoms with Gasteiger partial charge in [-0.2, -0.15) is 0 Å². The first-order valence-electron chi connectivity index (χ1n) is 7.64. The zero-order valence-electron chi connectivity index (χ0n) is 13.0. The Morgan fingerprint density at radius 2 is 1.86 bits per heavy atom. The molecule has 0 bridgehead atoms. The number of hydrogen-bond donors (Lipinski definition) is 0. The fourth-order valence-electron chi connectivity index (χ4n) is 3.60. The smallest absolute Gasteiger partial charge is 0.231 e. The number of nitrogens with zero attached hydrogens (tertiary/aromatic N) is 1. The first-order chi connectivity index (χ1) is 9.94. The van der Waals surface area contributed by atoms with E-state index in [4.69, 9.17) is 0 Å². The van der Waals surface area contributed by atoms with Gasteiger partial charge in [0.1, 0.15) is 0 Å². The summed E-state index contributed by atoms with van der Waals surface area (Å²) < 4.78 is 0. The van der Waals surface area contributed by atoms with E-state index in [1.54, 1.807) is 0 Å². The molecule has 0 radical (unpaired) electrons. The fourth-order valence-corrected chi connectivity index (χ4v) is 3.60. The van der Waals surface area contributed by atoms with Gasteiger partial charge in [0.2, 0.25) is 5.91 Å². The second-order valence-corrected chi connectivity index (χ2v) is 7.11. The highest BCUT2D eigenvalue weighted by molar-refractivity contribution is 5.90. The molecule has 3 rings (SSSR count). The van der Waals surface area contributed by atoms with E-state index in [1.165, 1.54) is 5.56 Å². The molecule has 1 heterocycles. The van der Waals surface area contributed by atoms with E-state index in [9.17, 15) is 4.79 Å². The summed E-state index contributed by atoms with van der Waals surface area (Å²) in [7, 11) is 0. The van der Waals surface area contributed by atoms with Gasteiger partial charge >= 0.3 is 0 Å². The molecule has 0 aromatic heterocycles. The second-order valence-electron chi connectivity index (χ2n) is 7.11. The maximum atomic E-state index is 12.6. The number of rotatable bonds is 3. The molecule has 1 fully saturated rings. The van der Waals surface area contributed by atoms with Crippen molar-refractivity contribution in [2.24, 2.45) is 10.8 Å². The van der Waals surface area contributed by atoms with E-state index < -0.39 is 0 Å². The standard InChI is InChI=1S/C19H23NO/c1-18(2)16(15-10-6-4-7-11-15)20(17(18)21)14-19(3)12-8-5-9-13-19/h4-12,16H,13-14H2,1-3H3/t16-,19-/m1/s1. The summed E-state index contributed by atoms with van der Waals surface area (Å²) in [6, 6.07) is 10.6. The van der Waals surface area contributed by atoms with Crippen LogP contribution in [0.1, 0.15) is 38.8 Å². The molecular formula is C19H23NO. The minimum Gasteiger partial charge on any atom is -0.333 e. The van der Waals surface area contributed by atoms with Crippen LogP contribution in [0.3, 0.4) is 0 Å². The molecule has 2 heteroatoms. The van der Waals surface area contributed by atoms with Crippen LogP contribution in [0.5, 0.6) is 0 Å². The lowest BCUT2D eigenvalue weighted by Crippen LogP contribution is -2.62. The van der Waals surface area contributed by atoms with Crippen molar-refractivity contribution in [2.75, 3.05) is 6.54 Å².